The molecule has 0 saturated carbocycles. The highest BCUT2D eigenvalue weighted by atomic mass is 32.2. The van der Waals surface area contributed by atoms with Crippen LogP contribution in [0.4, 0.5) is 0 Å². The molecule has 7 nitrogen and oxygen atoms in total. The summed E-state index contributed by atoms with van der Waals surface area (Å²) in [5, 5.41) is 12.2. The Labute approximate surface area is 164 Å². The molecular formula is C20H22N4O3S. The third kappa shape index (κ3) is 6.04. The number of carbonyl (C=O) groups is 1. The van der Waals surface area contributed by atoms with Gasteiger partial charge in [-0.3, -0.25) is 4.79 Å². The van der Waals surface area contributed by atoms with Gasteiger partial charge >= 0.3 is 0 Å². The van der Waals surface area contributed by atoms with Crippen LogP contribution in [0.25, 0.3) is 5.69 Å². The molecule has 1 heterocycles. The number of nitrogens with zero attached hydrogens (tertiary/aromatic N) is 2. The zero-order chi connectivity index (χ0) is 20.0. The van der Waals surface area contributed by atoms with Gasteiger partial charge in [-0.15, -0.1) is 0 Å². The van der Waals surface area contributed by atoms with E-state index in [2.05, 4.69) is 10.4 Å². The zero-order valence-electron chi connectivity index (χ0n) is 15.3. The van der Waals surface area contributed by atoms with Gasteiger partial charge in [0.2, 0.25) is 15.9 Å². The predicted octanol–water partition coefficient (Wildman–Crippen LogP) is 1.91. The van der Waals surface area contributed by atoms with Crippen molar-refractivity contribution in [2.24, 2.45) is 5.14 Å². The summed E-state index contributed by atoms with van der Waals surface area (Å²) < 4.78 is 24.0. The molecule has 0 aliphatic rings. The van der Waals surface area contributed by atoms with E-state index >= 15 is 0 Å². The third-order valence-electron chi connectivity index (χ3n) is 4.18. The minimum atomic E-state index is -3.54. The van der Waals surface area contributed by atoms with Gasteiger partial charge in [-0.2, -0.15) is 5.10 Å². The van der Waals surface area contributed by atoms with Gasteiger partial charge in [0.25, 0.3) is 0 Å². The van der Waals surface area contributed by atoms with Crippen molar-refractivity contribution >= 4 is 15.9 Å². The summed E-state index contributed by atoms with van der Waals surface area (Å²) in [6.45, 7) is 0.387. The Morgan fingerprint density at radius 3 is 2.36 bits per heavy atom. The lowest BCUT2D eigenvalue weighted by Gasteiger charge is -2.06. The first-order chi connectivity index (χ1) is 13.4. The fraction of sp³-hybridized carbons (Fsp3) is 0.200. The van der Waals surface area contributed by atoms with Gasteiger partial charge in [-0.05, 0) is 35.2 Å². The number of nitrogens with one attached hydrogen (secondary N) is 1. The molecule has 0 saturated heterocycles. The summed E-state index contributed by atoms with van der Waals surface area (Å²) >= 11 is 0. The molecule has 2 aromatic carbocycles. The monoisotopic (exact) mass is 398 g/mol. The van der Waals surface area contributed by atoms with Crippen LogP contribution < -0.4 is 10.5 Å². The van der Waals surface area contributed by atoms with Crippen molar-refractivity contribution in [3.8, 4) is 5.69 Å². The Kier molecular flexibility index (Phi) is 6.23. The second-order valence-electron chi connectivity index (χ2n) is 6.53. The van der Waals surface area contributed by atoms with Crippen molar-refractivity contribution in [1.29, 1.82) is 0 Å². The van der Waals surface area contributed by atoms with Crippen molar-refractivity contribution in [3.63, 3.8) is 0 Å². The minimum absolute atomic E-state index is 0.0546. The fourth-order valence-electron chi connectivity index (χ4n) is 2.74. The fourth-order valence-corrected chi connectivity index (χ4v) is 3.40. The van der Waals surface area contributed by atoms with E-state index in [0.717, 1.165) is 16.8 Å². The Balaban J connectivity index is 1.45. The molecule has 8 heteroatoms. The Hall–Kier alpha value is -2.97. The highest BCUT2D eigenvalue weighted by Crippen LogP contribution is 2.10. The highest BCUT2D eigenvalue weighted by molar-refractivity contribution is 7.88. The Bertz CT molecular complexity index is 1030. The van der Waals surface area contributed by atoms with Gasteiger partial charge in [-0.1, -0.05) is 42.5 Å². The number of para-hydroxylation sites is 1. The quantitative estimate of drug-likeness (QED) is 0.604. The van der Waals surface area contributed by atoms with Gasteiger partial charge in [0.15, 0.2) is 0 Å². The summed E-state index contributed by atoms with van der Waals surface area (Å²) in [6.07, 6.45) is 4.66. The molecule has 0 radical (unpaired) electrons. The van der Waals surface area contributed by atoms with E-state index in [1.165, 1.54) is 0 Å². The molecule has 146 valence electrons. The van der Waals surface area contributed by atoms with Gasteiger partial charge in [0.05, 0.1) is 17.6 Å². The molecule has 0 aliphatic heterocycles. The highest BCUT2D eigenvalue weighted by Gasteiger charge is 2.07. The van der Waals surface area contributed by atoms with Crippen molar-refractivity contribution in [2.75, 3.05) is 0 Å². The second-order valence-corrected chi connectivity index (χ2v) is 8.14. The lowest BCUT2D eigenvalue weighted by Crippen LogP contribution is -2.23. The van der Waals surface area contributed by atoms with Crippen LogP contribution >= 0.6 is 0 Å². The molecule has 3 N–H and O–H groups in total. The first kappa shape index (κ1) is 19.8. The van der Waals surface area contributed by atoms with E-state index in [-0.39, 0.29) is 11.7 Å². The summed E-state index contributed by atoms with van der Waals surface area (Å²) in [5.74, 6) is -0.253. The van der Waals surface area contributed by atoms with Crippen LogP contribution in [-0.2, 0) is 33.5 Å². The van der Waals surface area contributed by atoms with Crippen LogP contribution in [0.2, 0.25) is 0 Å². The third-order valence-corrected chi connectivity index (χ3v) is 4.91. The number of nitrogens with two attached hydrogens (primary N) is 1. The van der Waals surface area contributed by atoms with Gasteiger partial charge < -0.3 is 5.32 Å². The summed E-state index contributed by atoms with van der Waals surface area (Å²) in [6, 6.07) is 16.8. The first-order valence-electron chi connectivity index (χ1n) is 8.83. The van der Waals surface area contributed by atoms with Gasteiger partial charge in [0, 0.05) is 19.2 Å². The second kappa shape index (κ2) is 8.81. The lowest BCUT2D eigenvalue weighted by atomic mass is 10.1. The number of carbonyl (C=O) groups excluding carboxylic acids is 1. The van der Waals surface area contributed by atoms with Crippen LogP contribution in [-0.4, -0.2) is 24.1 Å². The molecule has 0 aliphatic carbocycles. The largest absolute Gasteiger partial charge is 0.352 e. The molecule has 1 amide bonds. The first-order valence-corrected chi connectivity index (χ1v) is 10.5. The predicted molar refractivity (Wildman–Crippen MR) is 107 cm³/mol. The average molecular weight is 398 g/mol. The Morgan fingerprint density at radius 1 is 1.00 bits per heavy atom. The van der Waals surface area contributed by atoms with Crippen LogP contribution in [0.15, 0.2) is 67.0 Å². The van der Waals surface area contributed by atoms with Crippen molar-refractivity contribution in [1.82, 2.24) is 15.1 Å². The summed E-state index contributed by atoms with van der Waals surface area (Å²) in [4.78, 5) is 12.1. The van der Waals surface area contributed by atoms with E-state index in [1.807, 2.05) is 36.5 Å². The minimum Gasteiger partial charge on any atom is -0.352 e. The molecular weight excluding hydrogens is 376 g/mol. The normalized spacial score (nSPS) is 11.3. The zero-order valence-corrected chi connectivity index (χ0v) is 16.1. The number of primary sulfonamides is 1. The number of benzene rings is 2. The molecule has 0 fully saturated rings. The van der Waals surface area contributed by atoms with Crippen LogP contribution in [0.1, 0.15) is 23.1 Å². The number of sulfonamides is 1. The maximum atomic E-state index is 12.1. The maximum Gasteiger partial charge on any atom is 0.220 e. The molecule has 0 unspecified atom stereocenters. The van der Waals surface area contributed by atoms with Crippen LogP contribution in [0.3, 0.4) is 0 Å². The van der Waals surface area contributed by atoms with E-state index in [9.17, 15) is 13.2 Å². The van der Waals surface area contributed by atoms with Crippen molar-refractivity contribution in [3.05, 3.63) is 83.7 Å². The number of hydrogen-bond donors (Lipinski definition) is 2. The summed E-state index contributed by atoms with van der Waals surface area (Å²) in [5.41, 5.74) is 3.48. The molecule has 1 aromatic heterocycles. The molecule has 0 bridgehead atoms. The molecule has 0 atom stereocenters. The van der Waals surface area contributed by atoms with Crippen molar-refractivity contribution < 1.29 is 13.2 Å². The molecule has 28 heavy (non-hydrogen) atoms. The maximum absolute atomic E-state index is 12.1. The number of aryl methyl sites for hydroxylation is 1. The Morgan fingerprint density at radius 2 is 1.68 bits per heavy atom. The SMILES string of the molecule is NS(=O)(=O)Cc1ccc(CNC(=O)CCc2cnn(-c3ccccc3)c2)cc1. The lowest BCUT2D eigenvalue weighted by molar-refractivity contribution is -0.121. The molecule has 3 aromatic rings. The summed E-state index contributed by atoms with van der Waals surface area (Å²) in [7, 11) is -3.54. The molecule has 3 rings (SSSR count). The van der Waals surface area contributed by atoms with Gasteiger partial charge in [-0.25, -0.2) is 18.2 Å². The van der Waals surface area contributed by atoms with Crippen LogP contribution in [0, 0.1) is 0 Å². The number of rotatable bonds is 8. The number of aromatic nitrogens is 2. The van der Waals surface area contributed by atoms with E-state index in [1.54, 1.807) is 35.1 Å². The number of hydrogen-bond acceptors (Lipinski definition) is 4. The topological polar surface area (TPSA) is 107 Å². The van der Waals surface area contributed by atoms with E-state index < -0.39 is 10.0 Å². The molecule has 0 spiro atoms. The smallest absolute Gasteiger partial charge is 0.220 e. The number of amides is 1. The van der Waals surface area contributed by atoms with Crippen molar-refractivity contribution in [2.45, 2.75) is 25.1 Å². The van der Waals surface area contributed by atoms with E-state index in [4.69, 9.17) is 5.14 Å². The van der Waals surface area contributed by atoms with Crippen LogP contribution in [0.5, 0.6) is 0 Å². The van der Waals surface area contributed by atoms with E-state index in [0.29, 0.717) is 24.9 Å². The average Bonchev–Trinajstić information content (AvgIpc) is 3.14. The standard InChI is InChI=1S/C20H22N4O3S/c21-28(26,27)15-17-8-6-16(7-9-17)12-22-20(25)11-10-18-13-23-24(14-18)19-4-2-1-3-5-19/h1-9,13-14H,10-12,15H2,(H,22,25)(H2,21,26,27). The van der Waals surface area contributed by atoms with Gasteiger partial charge in [0.1, 0.15) is 0 Å².